The van der Waals surface area contributed by atoms with Gasteiger partial charge in [-0.1, -0.05) is 13.8 Å². The molecule has 0 aromatic carbocycles. The molecule has 0 bridgehead atoms. The maximum atomic E-state index is 2.63. The number of hydrogen-bond donors (Lipinski definition) is 0. The third kappa shape index (κ3) is 2.01. The molecule has 1 nitrogen and oxygen atoms in total. The van der Waals surface area contributed by atoms with Gasteiger partial charge in [0.25, 0.3) is 0 Å². The maximum Gasteiger partial charge on any atom is 0.00723 e. The molecule has 0 radical (unpaired) electrons. The van der Waals surface area contributed by atoms with Gasteiger partial charge in [0, 0.05) is 18.6 Å². The van der Waals surface area contributed by atoms with Gasteiger partial charge in [-0.25, -0.2) is 0 Å². The fourth-order valence-electron chi connectivity index (χ4n) is 2.32. The van der Waals surface area contributed by atoms with Crippen molar-refractivity contribution < 1.29 is 0 Å². The molecule has 1 heterocycles. The predicted octanol–water partition coefficient (Wildman–Crippen LogP) is 2.76. The third-order valence-electron chi connectivity index (χ3n) is 3.41. The number of piperidine rings is 1. The Morgan fingerprint density at radius 2 is 1.67 bits per heavy atom. The van der Waals surface area contributed by atoms with Crippen molar-refractivity contribution in [1.82, 2.24) is 4.90 Å². The second-order valence-corrected chi connectivity index (χ2v) is 4.83. The Kier molecular flexibility index (Phi) is 3.16. The van der Waals surface area contributed by atoms with Gasteiger partial charge in [-0.15, -0.1) is 0 Å². The molecule has 72 valence electrons. The van der Waals surface area contributed by atoms with E-state index in [0.29, 0.717) is 0 Å². The van der Waals surface area contributed by atoms with Crippen LogP contribution in [0.25, 0.3) is 0 Å². The number of nitrogens with zero attached hydrogens (tertiary/aromatic N) is 1. The predicted molar refractivity (Wildman–Crippen MR) is 54.2 cm³/mol. The lowest BCUT2D eigenvalue weighted by Crippen LogP contribution is -2.47. The van der Waals surface area contributed by atoms with E-state index in [1.165, 1.54) is 13.0 Å². The van der Waals surface area contributed by atoms with Crippen molar-refractivity contribution in [2.45, 2.75) is 53.1 Å². The van der Waals surface area contributed by atoms with Gasteiger partial charge in [0.2, 0.25) is 0 Å². The Morgan fingerprint density at radius 1 is 1.08 bits per heavy atom. The normalized spacial score (nSPS) is 39.0. The molecule has 0 amide bonds. The van der Waals surface area contributed by atoms with Crippen LogP contribution in [0.1, 0.15) is 41.0 Å². The molecule has 1 aliphatic rings. The van der Waals surface area contributed by atoms with Crippen molar-refractivity contribution >= 4 is 0 Å². The van der Waals surface area contributed by atoms with Crippen molar-refractivity contribution in [3.8, 4) is 0 Å². The quantitative estimate of drug-likeness (QED) is 0.583. The monoisotopic (exact) mass is 169 g/mol. The highest BCUT2D eigenvalue weighted by molar-refractivity contribution is 4.82. The molecule has 1 fully saturated rings. The Balaban J connectivity index is 2.55. The molecular formula is C11H23N. The molecule has 0 spiro atoms. The van der Waals surface area contributed by atoms with Crippen LogP contribution in [0.2, 0.25) is 0 Å². The summed E-state index contributed by atoms with van der Waals surface area (Å²) in [5, 5.41) is 0. The summed E-state index contributed by atoms with van der Waals surface area (Å²) in [4.78, 5) is 2.63. The van der Waals surface area contributed by atoms with E-state index in [1.807, 2.05) is 0 Å². The molecule has 0 saturated carbocycles. The van der Waals surface area contributed by atoms with Crippen molar-refractivity contribution in [1.29, 1.82) is 0 Å². The van der Waals surface area contributed by atoms with E-state index in [2.05, 4.69) is 39.5 Å². The minimum absolute atomic E-state index is 0.718. The fourth-order valence-corrected chi connectivity index (χ4v) is 2.32. The smallest absolute Gasteiger partial charge is 0.00723 e. The highest BCUT2D eigenvalue weighted by Crippen LogP contribution is 2.28. The van der Waals surface area contributed by atoms with Crippen LogP contribution < -0.4 is 0 Å². The molecule has 3 atom stereocenters. The van der Waals surface area contributed by atoms with Gasteiger partial charge in [0.15, 0.2) is 0 Å². The van der Waals surface area contributed by atoms with Crippen LogP contribution in [0.15, 0.2) is 0 Å². The van der Waals surface area contributed by atoms with E-state index < -0.39 is 0 Å². The van der Waals surface area contributed by atoms with E-state index in [4.69, 9.17) is 0 Å². The van der Waals surface area contributed by atoms with Crippen LogP contribution in [0.4, 0.5) is 0 Å². The van der Waals surface area contributed by atoms with Crippen molar-refractivity contribution in [2.24, 2.45) is 11.8 Å². The van der Waals surface area contributed by atoms with Crippen LogP contribution in [-0.2, 0) is 0 Å². The third-order valence-corrected chi connectivity index (χ3v) is 3.41. The SMILES string of the molecule is CC(C)N1C[C@@H](C)[C@@H](C)C[C@H]1C. The number of rotatable bonds is 1. The van der Waals surface area contributed by atoms with E-state index in [-0.39, 0.29) is 0 Å². The van der Waals surface area contributed by atoms with Crippen LogP contribution >= 0.6 is 0 Å². The highest BCUT2D eigenvalue weighted by atomic mass is 15.2. The first-order chi connectivity index (χ1) is 5.52. The summed E-state index contributed by atoms with van der Waals surface area (Å²) in [6.07, 6.45) is 1.37. The average Bonchev–Trinajstić information content (AvgIpc) is 1.96. The molecule has 0 N–H and O–H groups in total. The molecule has 12 heavy (non-hydrogen) atoms. The van der Waals surface area contributed by atoms with Gasteiger partial charge >= 0.3 is 0 Å². The molecule has 1 rings (SSSR count). The van der Waals surface area contributed by atoms with Gasteiger partial charge in [-0.2, -0.15) is 0 Å². The molecule has 0 unspecified atom stereocenters. The summed E-state index contributed by atoms with van der Waals surface area (Å²) in [7, 11) is 0. The Bertz CT molecular complexity index is 142. The summed E-state index contributed by atoms with van der Waals surface area (Å²) in [5.74, 6) is 1.79. The largest absolute Gasteiger partial charge is 0.298 e. The molecule has 1 saturated heterocycles. The summed E-state index contributed by atoms with van der Waals surface area (Å²) < 4.78 is 0. The number of hydrogen-bond acceptors (Lipinski definition) is 1. The van der Waals surface area contributed by atoms with Crippen LogP contribution in [-0.4, -0.2) is 23.5 Å². The molecule has 0 aromatic heterocycles. The van der Waals surface area contributed by atoms with E-state index in [1.54, 1.807) is 0 Å². The summed E-state index contributed by atoms with van der Waals surface area (Å²) in [6.45, 7) is 13.0. The summed E-state index contributed by atoms with van der Waals surface area (Å²) in [5.41, 5.74) is 0. The fraction of sp³-hybridized carbons (Fsp3) is 1.00. The first-order valence-corrected chi connectivity index (χ1v) is 5.28. The van der Waals surface area contributed by atoms with Crippen LogP contribution in [0, 0.1) is 11.8 Å². The Labute approximate surface area is 77.1 Å². The highest BCUT2D eigenvalue weighted by Gasteiger charge is 2.29. The minimum Gasteiger partial charge on any atom is -0.298 e. The second-order valence-electron chi connectivity index (χ2n) is 4.83. The zero-order valence-electron chi connectivity index (χ0n) is 9.17. The van der Waals surface area contributed by atoms with Gasteiger partial charge in [0.05, 0.1) is 0 Å². The van der Waals surface area contributed by atoms with Crippen molar-refractivity contribution in [2.75, 3.05) is 6.54 Å². The Morgan fingerprint density at radius 3 is 2.17 bits per heavy atom. The first-order valence-electron chi connectivity index (χ1n) is 5.28. The van der Waals surface area contributed by atoms with Gasteiger partial charge in [0.1, 0.15) is 0 Å². The molecule has 1 heteroatoms. The van der Waals surface area contributed by atoms with Crippen LogP contribution in [0.5, 0.6) is 0 Å². The standard InChI is InChI=1S/C11H23N/c1-8(2)12-7-10(4)9(3)6-11(12)5/h8-11H,6-7H2,1-5H3/t9-,10+,11+/m0/s1. The average molecular weight is 169 g/mol. The summed E-state index contributed by atoms with van der Waals surface area (Å²) in [6, 6.07) is 1.51. The lowest BCUT2D eigenvalue weighted by atomic mass is 9.84. The lowest BCUT2D eigenvalue weighted by Gasteiger charge is -2.42. The first kappa shape index (κ1) is 10.0. The van der Waals surface area contributed by atoms with E-state index in [0.717, 1.165) is 23.9 Å². The summed E-state index contributed by atoms with van der Waals surface area (Å²) >= 11 is 0. The maximum absolute atomic E-state index is 2.63. The second kappa shape index (κ2) is 3.78. The van der Waals surface area contributed by atoms with Crippen molar-refractivity contribution in [3.05, 3.63) is 0 Å². The van der Waals surface area contributed by atoms with Crippen LogP contribution in [0.3, 0.4) is 0 Å². The minimum atomic E-state index is 0.718. The zero-order chi connectivity index (χ0) is 9.30. The van der Waals surface area contributed by atoms with Gasteiger partial charge in [-0.3, -0.25) is 4.90 Å². The topological polar surface area (TPSA) is 3.24 Å². The Hall–Kier alpha value is -0.0400. The lowest BCUT2D eigenvalue weighted by molar-refractivity contribution is 0.0597. The molecule has 1 aliphatic heterocycles. The molecule has 0 aliphatic carbocycles. The van der Waals surface area contributed by atoms with Gasteiger partial charge in [-0.05, 0) is 39.0 Å². The van der Waals surface area contributed by atoms with Gasteiger partial charge < -0.3 is 0 Å². The molecular weight excluding hydrogens is 146 g/mol. The van der Waals surface area contributed by atoms with E-state index in [9.17, 15) is 0 Å². The van der Waals surface area contributed by atoms with E-state index >= 15 is 0 Å². The zero-order valence-corrected chi connectivity index (χ0v) is 9.17. The number of likely N-dealkylation sites (tertiary alicyclic amines) is 1. The van der Waals surface area contributed by atoms with Crippen molar-refractivity contribution in [3.63, 3.8) is 0 Å². The molecule has 0 aromatic rings.